The number of para-hydroxylation sites is 1. The van der Waals surface area contributed by atoms with Gasteiger partial charge in [-0.3, -0.25) is 10.00 Å². The van der Waals surface area contributed by atoms with Gasteiger partial charge in [-0.2, -0.15) is 5.10 Å². The van der Waals surface area contributed by atoms with E-state index >= 15 is 0 Å². The van der Waals surface area contributed by atoms with Crippen molar-refractivity contribution in [3.8, 4) is 0 Å². The first kappa shape index (κ1) is 12.5. The summed E-state index contributed by atoms with van der Waals surface area (Å²) in [7, 11) is 0. The zero-order valence-electron chi connectivity index (χ0n) is 10.7. The summed E-state index contributed by atoms with van der Waals surface area (Å²) in [6, 6.07) is 10.1. The Bertz CT molecular complexity index is 518. The van der Waals surface area contributed by atoms with Crippen LogP contribution in [-0.2, 0) is 6.54 Å². The Morgan fingerprint density at radius 3 is 2.58 bits per heavy atom. The largest absolute Gasteiger partial charge is 0.368 e. The van der Waals surface area contributed by atoms with E-state index in [4.69, 9.17) is 11.6 Å². The average molecular weight is 277 g/mol. The van der Waals surface area contributed by atoms with E-state index in [1.807, 2.05) is 24.3 Å². The molecule has 0 spiro atoms. The van der Waals surface area contributed by atoms with Gasteiger partial charge in [-0.05, 0) is 18.2 Å². The number of hydrogen-bond acceptors (Lipinski definition) is 3. The van der Waals surface area contributed by atoms with Crippen LogP contribution < -0.4 is 4.90 Å². The standard InChI is InChI=1S/C14H17ClN4/c15-13-3-1-2-4-14(13)19-9-7-18(8-10-19)11-12-5-6-16-17-12/h1-6H,7-11H2,(H,16,17). The van der Waals surface area contributed by atoms with E-state index < -0.39 is 0 Å². The predicted octanol–water partition coefficient (Wildman–Crippen LogP) is 2.39. The topological polar surface area (TPSA) is 35.2 Å². The minimum atomic E-state index is 0.838. The second kappa shape index (κ2) is 5.63. The molecule has 100 valence electrons. The Balaban J connectivity index is 1.59. The average Bonchev–Trinajstić information content (AvgIpc) is 2.93. The molecular weight excluding hydrogens is 260 g/mol. The number of nitrogens with one attached hydrogen (secondary N) is 1. The predicted molar refractivity (Wildman–Crippen MR) is 77.5 cm³/mol. The van der Waals surface area contributed by atoms with Crippen LogP contribution in [0.15, 0.2) is 36.5 Å². The number of anilines is 1. The summed E-state index contributed by atoms with van der Waals surface area (Å²) in [6.07, 6.45) is 1.80. The van der Waals surface area contributed by atoms with E-state index in [1.165, 1.54) is 5.69 Å². The van der Waals surface area contributed by atoms with Crippen molar-refractivity contribution < 1.29 is 0 Å². The second-order valence-corrected chi connectivity index (χ2v) is 5.20. The Kier molecular flexibility index (Phi) is 3.71. The quantitative estimate of drug-likeness (QED) is 0.935. The van der Waals surface area contributed by atoms with E-state index in [2.05, 4.69) is 26.1 Å². The van der Waals surface area contributed by atoms with Crippen LogP contribution in [0.5, 0.6) is 0 Å². The molecule has 5 heteroatoms. The number of H-pyrrole nitrogens is 1. The van der Waals surface area contributed by atoms with E-state index in [9.17, 15) is 0 Å². The number of nitrogens with zero attached hydrogens (tertiary/aromatic N) is 3. The molecule has 0 radical (unpaired) electrons. The second-order valence-electron chi connectivity index (χ2n) is 4.80. The van der Waals surface area contributed by atoms with Crippen molar-refractivity contribution in [2.24, 2.45) is 0 Å². The highest BCUT2D eigenvalue weighted by Gasteiger charge is 2.18. The van der Waals surface area contributed by atoms with Crippen LogP contribution >= 0.6 is 11.6 Å². The third-order valence-corrected chi connectivity index (χ3v) is 3.84. The van der Waals surface area contributed by atoms with Crippen molar-refractivity contribution >= 4 is 17.3 Å². The number of halogens is 1. The van der Waals surface area contributed by atoms with Gasteiger partial charge in [-0.15, -0.1) is 0 Å². The molecule has 1 aromatic carbocycles. The van der Waals surface area contributed by atoms with Crippen LogP contribution in [0.25, 0.3) is 0 Å². The van der Waals surface area contributed by atoms with Crippen molar-refractivity contribution in [3.05, 3.63) is 47.2 Å². The first-order valence-corrected chi connectivity index (χ1v) is 6.91. The van der Waals surface area contributed by atoms with Crippen molar-refractivity contribution in [1.29, 1.82) is 0 Å². The van der Waals surface area contributed by atoms with Gasteiger partial charge in [0.2, 0.25) is 0 Å². The maximum atomic E-state index is 6.24. The highest BCUT2D eigenvalue weighted by atomic mass is 35.5. The van der Waals surface area contributed by atoms with Crippen LogP contribution in [0.2, 0.25) is 5.02 Å². The maximum Gasteiger partial charge on any atom is 0.0639 e. The molecule has 1 aliphatic rings. The highest BCUT2D eigenvalue weighted by molar-refractivity contribution is 6.33. The van der Waals surface area contributed by atoms with Crippen molar-refractivity contribution in [1.82, 2.24) is 15.1 Å². The van der Waals surface area contributed by atoms with Gasteiger partial charge in [-0.1, -0.05) is 23.7 Å². The first-order chi connectivity index (χ1) is 9.33. The molecule has 0 atom stereocenters. The SMILES string of the molecule is Clc1ccccc1N1CCN(Cc2ccn[nH]2)CC1. The summed E-state index contributed by atoms with van der Waals surface area (Å²) in [5, 5.41) is 7.83. The first-order valence-electron chi connectivity index (χ1n) is 6.53. The molecule has 2 heterocycles. The van der Waals surface area contributed by atoms with E-state index in [-0.39, 0.29) is 0 Å². The Morgan fingerprint density at radius 1 is 1.11 bits per heavy atom. The number of rotatable bonds is 3. The molecule has 0 saturated carbocycles. The minimum absolute atomic E-state index is 0.838. The third-order valence-electron chi connectivity index (χ3n) is 3.52. The zero-order valence-corrected chi connectivity index (χ0v) is 11.5. The molecule has 0 bridgehead atoms. The van der Waals surface area contributed by atoms with E-state index in [1.54, 1.807) is 6.20 Å². The summed E-state index contributed by atoms with van der Waals surface area (Å²) >= 11 is 6.24. The summed E-state index contributed by atoms with van der Waals surface area (Å²) in [4.78, 5) is 4.78. The highest BCUT2D eigenvalue weighted by Crippen LogP contribution is 2.26. The van der Waals surface area contributed by atoms with Crippen molar-refractivity contribution in [2.45, 2.75) is 6.54 Å². The van der Waals surface area contributed by atoms with Gasteiger partial charge in [0.1, 0.15) is 0 Å². The smallest absolute Gasteiger partial charge is 0.0639 e. The zero-order chi connectivity index (χ0) is 13.1. The van der Waals surface area contributed by atoms with Gasteiger partial charge in [0, 0.05) is 44.6 Å². The molecule has 0 unspecified atom stereocenters. The Morgan fingerprint density at radius 2 is 1.89 bits per heavy atom. The molecule has 19 heavy (non-hydrogen) atoms. The normalized spacial score (nSPS) is 16.8. The number of aromatic nitrogens is 2. The maximum absolute atomic E-state index is 6.24. The summed E-state index contributed by atoms with van der Waals surface area (Å²) in [5.74, 6) is 0. The monoisotopic (exact) mass is 276 g/mol. The lowest BCUT2D eigenvalue weighted by atomic mass is 10.2. The number of hydrogen-bond donors (Lipinski definition) is 1. The van der Waals surface area contributed by atoms with Crippen LogP contribution in [0.4, 0.5) is 5.69 Å². The molecule has 2 aromatic rings. The molecule has 3 rings (SSSR count). The van der Waals surface area contributed by atoms with Crippen LogP contribution in [0.3, 0.4) is 0 Å². The van der Waals surface area contributed by atoms with Gasteiger partial charge in [0.25, 0.3) is 0 Å². The fourth-order valence-corrected chi connectivity index (χ4v) is 2.72. The molecule has 1 fully saturated rings. The lowest BCUT2D eigenvalue weighted by Gasteiger charge is -2.36. The van der Waals surface area contributed by atoms with E-state index in [0.29, 0.717) is 0 Å². The van der Waals surface area contributed by atoms with Gasteiger partial charge in [0.05, 0.1) is 10.7 Å². The molecule has 1 saturated heterocycles. The molecule has 1 aromatic heterocycles. The van der Waals surface area contributed by atoms with Gasteiger partial charge >= 0.3 is 0 Å². The molecule has 0 amide bonds. The molecular formula is C14H17ClN4. The van der Waals surface area contributed by atoms with Gasteiger partial charge in [0.15, 0.2) is 0 Å². The number of aromatic amines is 1. The summed E-state index contributed by atoms with van der Waals surface area (Å²) < 4.78 is 0. The Labute approximate surface area is 118 Å². The number of benzene rings is 1. The minimum Gasteiger partial charge on any atom is -0.368 e. The molecule has 1 aliphatic heterocycles. The van der Waals surface area contributed by atoms with Crippen LogP contribution in [0, 0.1) is 0 Å². The Hall–Kier alpha value is -1.52. The molecule has 1 N–H and O–H groups in total. The van der Waals surface area contributed by atoms with Crippen LogP contribution in [-0.4, -0.2) is 41.3 Å². The van der Waals surface area contributed by atoms with Gasteiger partial charge < -0.3 is 4.90 Å². The summed E-state index contributed by atoms with van der Waals surface area (Å²) in [6.45, 7) is 5.06. The third kappa shape index (κ3) is 2.91. The van der Waals surface area contributed by atoms with Crippen molar-refractivity contribution in [3.63, 3.8) is 0 Å². The summed E-state index contributed by atoms with van der Waals surface area (Å²) in [5.41, 5.74) is 2.32. The van der Waals surface area contributed by atoms with E-state index in [0.717, 1.165) is 43.4 Å². The van der Waals surface area contributed by atoms with Gasteiger partial charge in [-0.25, -0.2) is 0 Å². The fraction of sp³-hybridized carbons (Fsp3) is 0.357. The van der Waals surface area contributed by atoms with Crippen molar-refractivity contribution in [2.75, 3.05) is 31.1 Å². The van der Waals surface area contributed by atoms with Crippen LogP contribution in [0.1, 0.15) is 5.69 Å². The molecule has 0 aliphatic carbocycles. The fourth-order valence-electron chi connectivity index (χ4n) is 2.47. The lowest BCUT2D eigenvalue weighted by molar-refractivity contribution is 0.247. The lowest BCUT2D eigenvalue weighted by Crippen LogP contribution is -2.46. The number of piperazine rings is 1. The molecule has 4 nitrogen and oxygen atoms in total.